The summed E-state index contributed by atoms with van der Waals surface area (Å²) in [6, 6.07) is 139. The van der Waals surface area contributed by atoms with Crippen LogP contribution in [0.5, 0.6) is 0 Å². The van der Waals surface area contributed by atoms with Crippen molar-refractivity contribution in [2.24, 2.45) is 0 Å². The molecule has 23 aromatic carbocycles. The molecule has 0 bridgehead atoms. The van der Waals surface area contributed by atoms with E-state index in [-0.39, 0.29) is 59.5 Å². The maximum atomic E-state index is 8.84. The molecule has 127 heavy (non-hydrogen) atoms. The van der Waals surface area contributed by atoms with Crippen molar-refractivity contribution in [1.29, 1.82) is 0 Å². The van der Waals surface area contributed by atoms with E-state index in [4.69, 9.17) is 27.0 Å². The molecule has 0 atom stereocenters. The molecule has 0 aliphatic rings. The molecule has 26 aromatic rings. The van der Waals surface area contributed by atoms with Crippen LogP contribution in [0.4, 0.5) is 0 Å². The van der Waals surface area contributed by atoms with Gasteiger partial charge in [0.05, 0.1) is 13.7 Å². The third kappa shape index (κ3) is 12.7. The monoisotopic (exact) mass is 1620 g/mol. The molecule has 0 radical (unpaired) electrons. The van der Waals surface area contributed by atoms with Crippen molar-refractivity contribution in [3.8, 4) is 111 Å². The highest BCUT2D eigenvalue weighted by Crippen LogP contribution is 2.52. The van der Waals surface area contributed by atoms with Crippen molar-refractivity contribution in [1.82, 2.24) is 0 Å². The maximum absolute atomic E-state index is 8.84. The number of para-hydroxylation sites is 2. The first kappa shape index (κ1) is 64.2. The normalized spacial score (nSPS) is 12.7. The van der Waals surface area contributed by atoms with Gasteiger partial charge >= 0.3 is 0 Å². The van der Waals surface area contributed by atoms with Crippen molar-refractivity contribution in [3.63, 3.8) is 0 Å². The Hall–Kier alpha value is -16.7. The molecule has 0 amide bonds. The molecule has 592 valence electrons. The van der Waals surface area contributed by atoms with Gasteiger partial charge in [0.2, 0.25) is 0 Å². The molecule has 0 saturated heterocycles. The highest BCUT2D eigenvalue weighted by molar-refractivity contribution is 6.28. The lowest BCUT2D eigenvalue weighted by molar-refractivity contribution is 0.668. The molecule has 0 unspecified atom stereocenters. The van der Waals surface area contributed by atoms with E-state index in [1.54, 1.807) is 0 Å². The molecule has 3 nitrogen and oxygen atoms in total. The number of fused-ring (bicyclic) bond motifs is 16. The summed E-state index contributed by atoms with van der Waals surface area (Å²) in [4.78, 5) is 0. The fourth-order valence-corrected chi connectivity index (χ4v) is 19.8. The molecule has 0 fully saturated rings. The van der Waals surface area contributed by atoms with Crippen molar-refractivity contribution < 1.29 is 27.0 Å². The number of benzene rings is 23. The van der Waals surface area contributed by atoms with Gasteiger partial charge in [-0.1, -0.05) is 430 Å². The van der Waals surface area contributed by atoms with Crippen LogP contribution >= 0.6 is 0 Å². The summed E-state index contributed by atoms with van der Waals surface area (Å²) in [5, 5.41) is 21.2. The van der Waals surface area contributed by atoms with E-state index >= 15 is 0 Å². The molecule has 0 aliphatic heterocycles. The fourth-order valence-electron chi connectivity index (χ4n) is 19.8. The van der Waals surface area contributed by atoms with Crippen LogP contribution in [0.1, 0.15) is 13.7 Å². The summed E-state index contributed by atoms with van der Waals surface area (Å²) >= 11 is 0. The smallest absolute Gasteiger partial charge is 0.136 e. The van der Waals surface area contributed by atoms with Gasteiger partial charge in [-0.2, -0.15) is 0 Å². The Morgan fingerprint density at radius 1 is 0.142 bits per heavy atom. The van der Waals surface area contributed by atoms with Crippen LogP contribution in [0.3, 0.4) is 0 Å². The van der Waals surface area contributed by atoms with Crippen LogP contribution in [0, 0.1) is 0 Å². The van der Waals surface area contributed by atoms with Crippen LogP contribution in [0.2, 0.25) is 0 Å². The zero-order valence-electron chi connectivity index (χ0n) is 78.5. The van der Waals surface area contributed by atoms with Crippen LogP contribution in [0.15, 0.2) is 486 Å². The molecule has 3 heteroatoms. The van der Waals surface area contributed by atoms with Gasteiger partial charge in [0.15, 0.2) is 0 Å². The Bertz CT molecular complexity index is 9240. The van der Waals surface area contributed by atoms with E-state index in [0.29, 0.717) is 11.1 Å². The third-order valence-electron chi connectivity index (χ3n) is 25.2. The number of furan rings is 3. The van der Waals surface area contributed by atoms with Crippen molar-refractivity contribution >= 4 is 141 Å². The van der Waals surface area contributed by atoms with Gasteiger partial charge in [0, 0.05) is 37.9 Å². The number of hydrogen-bond acceptors (Lipinski definition) is 3. The van der Waals surface area contributed by atoms with E-state index in [1.165, 1.54) is 60.0 Å². The Morgan fingerprint density at radius 3 is 0.858 bits per heavy atom. The molecule has 0 N–H and O–H groups in total. The third-order valence-corrected chi connectivity index (χ3v) is 25.2. The SMILES string of the molecule is [2H]c1c([2H])c([2H])c(-c2c3ccccc3c(-c3ccc(-c4c(-c5ccccc5)ccc5oc6ccccc6c45)cc3)c3ccccc23)c([2H])c1[2H].[2H]c1c([2H])c([2H])c(-c2c3ccccc3c(-c3ccc(-c4cccc5oc6cccc(-c7ccccc7)c6c45)cc3)c3ccccc23)c([2H])c1[2H].c1ccc2cc(-c3c4ccccc4c(-c4cccc5oc6ccccc6c45)c4ccccc34)ccc2c1. The Morgan fingerprint density at radius 2 is 0.425 bits per heavy atom. The van der Waals surface area contributed by atoms with Gasteiger partial charge < -0.3 is 13.3 Å². The topological polar surface area (TPSA) is 39.4 Å². The van der Waals surface area contributed by atoms with Gasteiger partial charge in [-0.15, -0.1) is 0 Å². The zero-order valence-corrected chi connectivity index (χ0v) is 68.5. The molecular weight excluding hydrogens is 1540 g/mol. The maximum Gasteiger partial charge on any atom is 0.136 e. The molecule has 3 aromatic heterocycles. The summed E-state index contributed by atoms with van der Waals surface area (Å²) in [6.45, 7) is 0. The molecule has 26 rings (SSSR count). The van der Waals surface area contributed by atoms with Gasteiger partial charge in [-0.05, 0) is 224 Å². The fraction of sp³-hybridized carbons (Fsp3) is 0. The molecule has 0 saturated carbocycles. The predicted molar refractivity (Wildman–Crippen MR) is 538 cm³/mol. The summed E-state index contributed by atoms with van der Waals surface area (Å²) in [5.41, 5.74) is 24.8. The first-order valence-electron chi connectivity index (χ1n) is 47.8. The molecular formula is C124H78O3. The van der Waals surface area contributed by atoms with E-state index in [0.717, 1.165) is 170 Å². The average Bonchev–Trinajstić information content (AvgIpc) is 1.52. The van der Waals surface area contributed by atoms with Gasteiger partial charge in [-0.3, -0.25) is 0 Å². The lowest BCUT2D eigenvalue weighted by atomic mass is 9.84. The molecule has 0 spiro atoms. The molecule has 0 aliphatic carbocycles. The molecule has 3 heterocycles. The Kier molecular flexibility index (Phi) is 15.8. The second-order valence-electron chi connectivity index (χ2n) is 32.2. The van der Waals surface area contributed by atoms with E-state index in [1.807, 2.05) is 146 Å². The minimum absolute atomic E-state index is 0.208. The quantitative estimate of drug-likeness (QED) is 0.128. The first-order chi connectivity index (χ1) is 67.2. The minimum atomic E-state index is -0.399. The highest BCUT2D eigenvalue weighted by atomic mass is 16.3. The van der Waals surface area contributed by atoms with E-state index in [9.17, 15) is 0 Å². The van der Waals surface area contributed by atoms with Gasteiger partial charge in [-0.25, -0.2) is 0 Å². The lowest BCUT2D eigenvalue weighted by Gasteiger charge is -2.18. The number of hydrogen-bond donors (Lipinski definition) is 0. The van der Waals surface area contributed by atoms with Gasteiger partial charge in [0.1, 0.15) is 33.5 Å². The second-order valence-corrected chi connectivity index (χ2v) is 32.2. The Labute approximate surface area is 747 Å². The van der Waals surface area contributed by atoms with Crippen LogP contribution in [-0.2, 0) is 0 Å². The van der Waals surface area contributed by atoms with Gasteiger partial charge in [0.25, 0.3) is 0 Å². The zero-order chi connectivity index (χ0) is 92.5. The predicted octanol–water partition coefficient (Wildman–Crippen LogP) is 35.5. The largest absolute Gasteiger partial charge is 0.456 e. The van der Waals surface area contributed by atoms with Crippen LogP contribution in [0.25, 0.3) is 252 Å². The van der Waals surface area contributed by atoms with Crippen molar-refractivity contribution in [3.05, 3.63) is 473 Å². The Balaban J connectivity index is 0.000000113. The number of rotatable bonds is 10. The summed E-state index contributed by atoms with van der Waals surface area (Å²) < 4.78 is 104. The highest BCUT2D eigenvalue weighted by Gasteiger charge is 2.26. The van der Waals surface area contributed by atoms with Crippen LogP contribution in [-0.4, -0.2) is 0 Å². The second kappa shape index (κ2) is 31.3. The average molecular weight is 1630 g/mol. The minimum Gasteiger partial charge on any atom is -0.456 e. The first-order valence-corrected chi connectivity index (χ1v) is 42.8. The van der Waals surface area contributed by atoms with Crippen LogP contribution < -0.4 is 0 Å². The lowest BCUT2D eigenvalue weighted by Crippen LogP contribution is -1.91. The summed E-state index contributed by atoms with van der Waals surface area (Å²) in [7, 11) is 0. The van der Waals surface area contributed by atoms with Crippen molar-refractivity contribution in [2.75, 3.05) is 0 Å². The van der Waals surface area contributed by atoms with E-state index in [2.05, 4.69) is 267 Å². The van der Waals surface area contributed by atoms with E-state index < -0.39 is 12.1 Å². The summed E-state index contributed by atoms with van der Waals surface area (Å²) in [5.74, 6) is 0. The summed E-state index contributed by atoms with van der Waals surface area (Å²) in [6.07, 6.45) is 0. The van der Waals surface area contributed by atoms with Crippen molar-refractivity contribution in [2.45, 2.75) is 0 Å². The standard InChI is InChI=1S/2C44H28O.C36H22O/c1-3-13-29(14-4-1)33-21-11-23-39-43(33)44-34(22-12-24-40(44)45-39)30-25-27-32(28-26-30)42-37-19-9-7-17-35(37)41(31-15-5-2-6-16-31)36-18-8-10-20-38(36)42;1-3-13-29(14-4-1)33-27-28-40-44(38-21-11-12-22-39(38)45-40)43(33)32-25-23-31(24-26-32)42-36-19-9-7-17-34(36)41(30-15-5-2-6-16-30)35-18-8-10-20-37(35)42;1-2-11-24-22-25(21-20-23(24)10-1)34-26-12-3-5-14-28(26)35(29-15-6-4-13-27(29)34)31-17-9-19-33-36(31)30-16-7-8-18-32(30)37-33/h2*1-28H;1-22H/i2*2D,5D,6D,15D,16D;.